The molecule has 0 amide bonds. The van der Waals surface area contributed by atoms with Gasteiger partial charge < -0.3 is 5.11 Å². The minimum Gasteiger partial charge on any atom is -0.480 e. The molecule has 0 spiro atoms. The monoisotopic (exact) mass is 221 g/mol. The van der Waals surface area contributed by atoms with Gasteiger partial charge in [-0.3, -0.25) is 15.0 Å². The Morgan fingerprint density at radius 3 is 2.81 bits per heavy atom. The van der Waals surface area contributed by atoms with Gasteiger partial charge in [0, 0.05) is 18.6 Å². The molecule has 1 aromatic heterocycles. The third-order valence-electron chi connectivity index (χ3n) is 1.95. The van der Waals surface area contributed by atoms with Crippen LogP contribution in [0.2, 0.25) is 0 Å². The zero-order valence-corrected chi connectivity index (χ0v) is 9.37. The maximum Gasteiger partial charge on any atom is 0.328 e. The Labute approximate surface area is 94.3 Å². The number of aliphatic imine (C=N–C) groups is 1. The molecular weight excluding hydrogens is 206 g/mol. The fourth-order valence-electron chi connectivity index (χ4n) is 1.22. The van der Waals surface area contributed by atoms with Gasteiger partial charge >= 0.3 is 5.97 Å². The summed E-state index contributed by atoms with van der Waals surface area (Å²) in [5.74, 6) is -0.617. The summed E-state index contributed by atoms with van der Waals surface area (Å²) < 4.78 is 0. The Morgan fingerprint density at radius 2 is 2.31 bits per heavy atom. The van der Waals surface area contributed by atoms with Crippen molar-refractivity contribution in [2.75, 3.05) is 0 Å². The molecule has 16 heavy (non-hydrogen) atoms. The molecule has 0 aliphatic carbocycles. The van der Waals surface area contributed by atoms with E-state index in [0.717, 1.165) is 0 Å². The largest absolute Gasteiger partial charge is 0.480 e. The predicted octanol–water partition coefficient (Wildman–Crippen LogP) is 1.39. The van der Waals surface area contributed by atoms with Crippen molar-refractivity contribution >= 4 is 12.2 Å². The smallest absolute Gasteiger partial charge is 0.328 e. The molecule has 0 aromatic carbocycles. The lowest BCUT2D eigenvalue weighted by Gasteiger charge is -2.09. The fourth-order valence-corrected chi connectivity index (χ4v) is 1.22. The minimum atomic E-state index is -0.908. The third kappa shape index (κ3) is 4.16. The number of aromatic nitrogens is 2. The van der Waals surface area contributed by atoms with Crippen molar-refractivity contribution in [1.29, 1.82) is 0 Å². The van der Waals surface area contributed by atoms with Crippen molar-refractivity contribution < 1.29 is 9.90 Å². The van der Waals surface area contributed by atoms with Gasteiger partial charge in [0.05, 0.1) is 11.9 Å². The van der Waals surface area contributed by atoms with Crippen LogP contribution in [0.4, 0.5) is 0 Å². The molecular formula is C11H15N3O2. The average Bonchev–Trinajstić information content (AvgIpc) is 2.25. The summed E-state index contributed by atoms with van der Waals surface area (Å²) in [5, 5.41) is 8.95. The van der Waals surface area contributed by atoms with E-state index in [1.807, 2.05) is 13.8 Å². The number of hydrogen-bond acceptors (Lipinski definition) is 4. The van der Waals surface area contributed by atoms with Crippen LogP contribution in [0.1, 0.15) is 26.0 Å². The van der Waals surface area contributed by atoms with Crippen molar-refractivity contribution in [2.24, 2.45) is 10.9 Å². The number of rotatable bonds is 5. The molecule has 0 saturated heterocycles. The van der Waals surface area contributed by atoms with Crippen LogP contribution in [-0.4, -0.2) is 33.3 Å². The highest BCUT2D eigenvalue weighted by Gasteiger charge is 2.16. The molecule has 1 rings (SSSR count). The second-order valence-electron chi connectivity index (χ2n) is 3.89. The molecule has 5 heteroatoms. The van der Waals surface area contributed by atoms with E-state index in [9.17, 15) is 4.79 Å². The molecule has 0 radical (unpaired) electrons. The summed E-state index contributed by atoms with van der Waals surface area (Å²) in [6.45, 7) is 3.93. The van der Waals surface area contributed by atoms with Crippen LogP contribution in [0.5, 0.6) is 0 Å². The fraction of sp³-hybridized carbons (Fsp3) is 0.455. The number of carboxylic acid groups (broad SMARTS) is 1. The van der Waals surface area contributed by atoms with Crippen LogP contribution in [0.25, 0.3) is 0 Å². The summed E-state index contributed by atoms with van der Waals surface area (Å²) in [4.78, 5) is 22.8. The van der Waals surface area contributed by atoms with E-state index in [4.69, 9.17) is 5.11 Å². The quantitative estimate of drug-likeness (QED) is 0.762. The number of carboxylic acids is 1. The lowest BCUT2D eigenvalue weighted by atomic mass is 10.0. The van der Waals surface area contributed by atoms with Crippen LogP contribution in [-0.2, 0) is 4.79 Å². The summed E-state index contributed by atoms with van der Waals surface area (Å²) in [5.41, 5.74) is 0.567. The van der Waals surface area contributed by atoms with E-state index in [2.05, 4.69) is 15.0 Å². The van der Waals surface area contributed by atoms with E-state index < -0.39 is 12.0 Å². The molecule has 0 fully saturated rings. The number of hydrogen-bond donors (Lipinski definition) is 1. The predicted molar refractivity (Wildman–Crippen MR) is 60.5 cm³/mol. The van der Waals surface area contributed by atoms with Gasteiger partial charge in [0.1, 0.15) is 6.04 Å². The SMILES string of the molecule is CC(C)CC(/N=C/c1cnccn1)C(=O)O. The average molecular weight is 221 g/mol. The molecule has 5 nitrogen and oxygen atoms in total. The summed E-state index contributed by atoms with van der Waals surface area (Å²) in [6, 6.07) is -0.706. The van der Waals surface area contributed by atoms with Crippen LogP contribution in [0.3, 0.4) is 0 Å². The zero-order chi connectivity index (χ0) is 12.0. The van der Waals surface area contributed by atoms with Gasteiger partial charge in [-0.15, -0.1) is 0 Å². The van der Waals surface area contributed by atoms with Crippen LogP contribution in [0.15, 0.2) is 23.6 Å². The lowest BCUT2D eigenvalue weighted by molar-refractivity contribution is -0.138. The van der Waals surface area contributed by atoms with Gasteiger partial charge in [-0.05, 0) is 12.3 Å². The second kappa shape index (κ2) is 5.95. The van der Waals surface area contributed by atoms with Crippen molar-refractivity contribution in [3.05, 3.63) is 24.3 Å². The molecule has 1 N–H and O–H groups in total. The summed E-state index contributed by atoms with van der Waals surface area (Å²) in [7, 11) is 0. The van der Waals surface area contributed by atoms with Crippen molar-refractivity contribution in [3.8, 4) is 0 Å². The van der Waals surface area contributed by atoms with Crippen molar-refractivity contribution in [2.45, 2.75) is 26.3 Å². The number of aliphatic carboxylic acids is 1. The molecule has 0 aliphatic rings. The van der Waals surface area contributed by atoms with E-state index >= 15 is 0 Å². The van der Waals surface area contributed by atoms with Crippen molar-refractivity contribution in [1.82, 2.24) is 9.97 Å². The van der Waals surface area contributed by atoms with E-state index in [1.54, 1.807) is 12.4 Å². The molecule has 1 unspecified atom stereocenters. The molecule has 0 aliphatic heterocycles. The highest BCUT2D eigenvalue weighted by molar-refractivity contribution is 5.81. The molecule has 0 saturated carbocycles. The highest BCUT2D eigenvalue weighted by atomic mass is 16.4. The zero-order valence-electron chi connectivity index (χ0n) is 9.37. The van der Waals surface area contributed by atoms with Crippen LogP contribution >= 0.6 is 0 Å². The first-order valence-corrected chi connectivity index (χ1v) is 5.11. The van der Waals surface area contributed by atoms with E-state index in [1.165, 1.54) is 12.4 Å². The number of nitrogens with zero attached hydrogens (tertiary/aromatic N) is 3. The van der Waals surface area contributed by atoms with Crippen molar-refractivity contribution in [3.63, 3.8) is 0 Å². The third-order valence-corrected chi connectivity index (χ3v) is 1.95. The molecule has 1 heterocycles. The van der Waals surface area contributed by atoms with Gasteiger partial charge in [0.15, 0.2) is 0 Å². The summed E-state index contributed by atoms with van der Waals surface area (Å²) >= 11 is 0. The number of carbonyl (C=O) groups is 1. The maximum absolute atomic E-state index is 10.9. The second-order valence-corrected chi connectivity index (χ2v) is 3.89. The maximum atomic E-state index is 10.9. The highest BCUT2D eigenvalue weighted by Crippen LogP contribution is 2.08. The van der Waals surface area contributed by atoms with Gasteiger partial charge in [0.25, 0.3) is 0 Å². The molecule has 86 valence electrons. The normalized spacial score (nSPS) is 13.2. The van der Waals surface area contributed by atoms with Gasteiger partial charge in [0.2, 0.25) is 0 Å². The molecule has 1 atom stereocenters. The lowest BCUT2D eigenvalue weighted by Crippen LogP contribution is -2.20. The first kappa shape index (κ1) is 12.3. The van der Waals surface area contributed by atoms with E-state index in [-0.39, 0.29) is 0 Å². The molecule has 0 bridgehead atoms. The Kier molecular flexibility index (Phi) is 4.57. The Morgan fingerprint density at radius 1 is 1.56 bits per heavy atom. The Balaban J connectivity index is 2.68. The first-order chi connectivity index (χ1) is 7.59. The Hall–Kier alpha value is -1.78. The van der Waals surface area contributed by atoms with Gasteiger partial charge in [-0.2, -0.15) is 0 Å². The van der Waals surface area contributed by atoms with Gasteiger partial charge in [-0.25, -0.2) is 4.79 Å². The minimum absolute atomic E-state index is 0.292. The first-order valence-electron chi connectivity index (χ1n) is 5.11. The van der Waals surface area contributed by atoms with Gasteiger partial charge in [-0.1, -0.05) is 13.8 Å². The topological polar surface area (TPSA) is 75.4 Å². The Bertz CT molecular complexity index is 363. The van der Waals surface area contributed by atoms with E-state index in [0.29, 0.717) is 18.0 Å². The van der Waals surface area contributed by atoms with Crippen LogP contribution < -0.4 is 0 Å². The molecule has 1 aromatic rings. The standard InChI is InChI=1S/C11H15N3O2/c1-8(2)5-10(11(15)16)14-7-9-6-12-3-4-13-9/h3-4,6-8,10H,5H2,1-2H3,(H,15,16)/b14-7+. The van der Waals surface area contributed by atoms with Crippen LogP contribution in [0, 0.1) is 5.92 Å². The summed E-state index contributed by atoms with van der Waals surface area (Å²) in [6.07, 6.45) is 6.61.